The molecule has 0 unspecified atom stereocenters. The molecule has 0 spiro atoms. The van der Waals surface area contributed by atoms with Crippen LogP contribution in [0.3, 0.4) is 0 Å². The molecule has 0 saturated carbocycles. The van der Waals surface area contributed by atoms with E-state index in [1.165, 1.54) is 0 Å². The minimum atomic E-state index is 0.0471. The molecule has 0 atom stereocenters. The van der Waals surface area contributed by atoms with Crippen molar-refractivity contribution in [2.45, 2.75) is 0 Å². The molecule has 1 nitrogen and oxygen atoms in total. The Kier molecular flexibility index (Phi) is 2.55. The molecule has 14 heavy (non-hydrogen) atoms. The van der Waals surface area contributed by atoms with Crippen LogP contribution in [-0.2, 0) is 4.79 Å². The summed E-state index contributed by atoms with van der Waals surface area (Å²) in [4.78, 5) is 10.9. The summed E-state index contributed by atoms with van der Waals surface area (Å²) in [7, 11) is 0. The van der Waals surface area contributed by atoms with Gasteiger partial charge in [-0.1, -0.05) is 0 Å². The second-order valence-corrected chi connectivity index (χ2v) is 3.95. The maximum absolute atomic E-state index is 10.9. The third kappa shape index (κ3) is 1.96. The molecule has 0 radical (unpaired) electrons. The van der Waals surface area contributed by atoms with Gasteiger partial charge in [0, 0.05) is 40.6 Å². The number of hydrogen-bond acceptors (Lipinski definition) is 1. The topological polar surface area (TPSA) is 17.1 Å². The van der Waals surface area contributed by atoms with Gasteiger partial charge in [-0.2, -0.15) is 0 Å². The maximum atomic E-state index is 10.9. The highest BCUT2D eigenvalue weighted by Gasteiger charge is 2.12. The first kappa shape index (κ1) is 9.28. The summed E-state index contributed by atoms with van der Waals surface area (Å²) < 4.78 is 1.06. The van der Waals surface area contributed by atoms with Gasteiger partial charge in [-0.3, -0.25) is 4.79 Å². The fourth-order valence-corrected chi connectivity index (χ4v) is 1.55. The summed E-state index contributed by atoms with van der Waals surface area (Å²) in [5, 5.41) is 0. The Hall–Kier alpha value is -1.28. The van der Waals surface area contributed by atoms with E-state index in [0.717, 1.165) is 15.6 Å². The zero-order valence-corrected chi connectivity index (χ0v) is 8.99. The number of allylic oxidation sites excluding steroid dienone is 10. The van der Waals surface area contributed by atoms with Crippen molar-refractivity contribution < 1.29 is 4.79 Å². The lowest BCUT2D eigenvalue weighted by molar-refractivity contribution is -0.110. The first-order valence-corrected chi connectivity index (χ1v) is 5.08. The minimum Gasteiger partial charge on any atom is -0.290 e. The average molecular weight is 248 g/mol. The van der Waals surface area contributed by atoms with Crippen molar-refractivity contribution in [3.8, 4) is 0 Å². The second kappa shape index (κ2) is 3.84. The Morgan fingerprint density at radius 2 is 1.71 bits per heavy atom. The van der Waals surface area contributed by atoms with Gasteiger partial charge in [0.25, 0.3) is 0 Å². The summed E-state index contributed by atoms with van der Waals surface area (Å²) >= 11 is 3.38. The van der Waals surface area contributed by atoms with Gasteiger partial charge in [-0.15, -0.1) is 0 Å². The molecule has 0 aromatic heterocycles. The maximum Gasteiger partial charge on any atom is 0.180 e. The van der Waals surface area contributed by atoms with Gasteiger partial charge in [-0.05, 0) is 24.3 Å². The van der Waals surface area contributed by atoms with Crippen LogP contribution < -0.4 is 0 Å². The first-order chi connectivity index (χ1) is 6.75. The SMILES string of the molecule is O=C1C=CC(=C2C=CC(Br)=C[CH+]2)C=C1. The van der Waals surface area contributed by atoms with Crippen LogP contribution in [0.25, 0.3) is 0 Å². The van der Waals surface area contributed by atoms with Crippen molar-refractivity contribution in [3.63, 3.8) is 0 Å². The van der Waals surface area contributed by atoms with Gasteiger partial charge >= 0.3 is 0 Å². The zero-order valence-electron chi connectivity index (χ0n) is 7.41. The molecule has 2 aliphatic rings. The van der Waals surface area contributed by atoms with E-state index in [2.05, 4.69) is 15.9 Å². The van der Waals surface area contributed by atoms with Crippen LogP contribution in [0.4, 0.5) is 0 Å². The van der Waals surface area contributed by atoms with Crippen molar-refractivity contribution in [1.29, 1.82) is 0 Å². The number of ketones is 1. The fraction of sp³-hybridized carbons (Fsp3) is 0. The van der Waals surface area contributed by atoms with E-state index in [4.69, 9.17) is 0 Å². The normalized spacial score (nSPS) is 19.8. The van der Waals surface area contributed by atoms with Gasteiger partial charge in [0.2, 0.25) is 0 Å². The van der Waals surface area contributed by atoms with Crippen LogP contribution in [0.15, 0.2) is 58.2 Å². The van der Waals surface area contributed by atoms with Crippen LogP contribution in [0.5, 0.6) is 0 Å². The molecule has 0 aromatic rings. The highest BCUT2D eigenvalue weighted by atomic mass is 79.9. The van der Waals surface area contributed by atoms with Gasteiger partial charge in [0.1, 0.15) is 5.57 Å². The van der Waals surface area contributed by atoms with Crippen LogP contribution in [0, 0.1) is 6.42 Å². The molecule has 0 bridgehead atoms. The molecule has 68 valence electrons. The Bertz CT molecular complexity index is 402. The highest BCUT2D eigenvalue weighted by molar-refractivity contribution is 9.11. The van der Waals surface area contributed by atoms with E-state index in [1.54, 1.807) is 12.2 Å². The highest BCUT2D eigenvalue weighted by Crippen LogP contribution is 2.23. The second-order valence-electron chi connectivity index (χ2n) is 3.03. The van der Waals surface area contributed by atoms with E-state index >= 15 is 0 Å². The van der Waals surface area contributed by atoms with Crippen molar-refractivity contribution in [1.82, 2.24) is 0 Å². The minimum absolute atomic E-state index is 0.0471. The predicted molar refractivity (Wildman–Crippen MR) is 60.8 cm³/mol. The molecule has 2 aliphatic carbocycles. The molecular formula is C12H8BrO+. The molecular weight excluding hydrogens is 240 g/mol. The lowest BCUT2D eigenvalue weighted by Gasteiger charge is -2.01. The van der Waals surface area contributed by atoms with Crippen molar-refractivity contribution in [2.24, 2.45) is 0 Å². The lowest BCUT2D eigenvalue weighted by Crippen LogP contribution is -1.95. The van der Waals surface area contributed by atoms with Crippen molar-refractivity contribution in [3.05, 3.63) is 64.6 Å². The Morgan fingerprint density at radius 1 is 1.00 bits per heavy atom. The average Bonchev–Trinajstić information content (AvgIpc) is 2.21. The molecule has 0 aromatic carbocycles. The lowest BCUT2D eigenvalue weighted by atomic mass is 9.98. The number of hydrogen-bond donors (Lipinski definition) is 0. The van der Waals surface area contributed by atoms with Crippen LogP contribution in [0.1, 0.15) is 0 Å². The van der Waals surface area contributed by atoms with Crippen molar-refractivity contribution in [2.75, 3.05) is 0 Å². The molecule has 0 saturated heterocycles. The molecule has 0 fully saturated rings. The molecule has 2 heteroatoms. The Labute approximate surface area is 91.3 Å². The van der Waals surface area contributed by atoms with Gasteiger partial charge in [0.15, 0.2) is 5.78 Å². The van der Waals surface area contributed by atoms with E-state index in [9.17, 15) is 4.79 Å². The number of halogens is 1. The van der Waals surface area contributed by atoms with Crippen LogP contribution in [-0.4, -0.2) is 5.78 Å². The molecule has 0 heterocycles. The van der Waals surface area contributed by atoms with Crippen molar-refractivity contribution >= 4 is 21.7 Å². The smallest absolute Gasteiger partial charge is 0.180 e. The fourth-order valence-electron chi connectivity index (χ4n) is 1.29. The number of carbonyl (C=O) groups is 1. The first-order valence-electron chi connectivity index (χ1n) is 4.29. The quantitative estimate of drug-likeness (QED) is 0.602. The van der Waals surface area contributed by atoms with E-state index < -0.39 is 0 Å². The largest absolute Gasteiger partial charge is 0.290 e. The molecule has 0 aliphatic heterocycles. The zero-order chi connectivity index (χ0) is 9.97. The van der Waals surface area contributed by atoms with Gasteiger partial charge in [-0.25, -0.2) is 0 Å². The van der Waals surface area contributed by atoms with E-state index in [1.807, 2.05) is 36.8 Å². The van der Waals surface area contributed by atoms with E-state index in [-0.39, 0.29) is 5.78 Å². The standard InChI is InChI=1S/C12H8BrO/c13-11-5-1-9(2-6-11)10-3-7-12(14)8-4-10/h1-8H/q+1. The molecule has 0 N–H and O–H groups in total. The third-order valence-electron chi connectivity index (χ3n) is 2.03. The van der Waals surface area contributed by atoms with Gasteiger partial charge in [0.05, 0.1) is 10.1 Å². The summed E-state index contributed by atoms with van der Waals surface area (Å²) in [6.45, 7) is 0. The van der Waals surface area contributed by atoms with Crippen LogP contribution >= 0.6 is 15.9 Å². The number of rotatable bonds is 0. The van der Waals surface area contributed by atoms with E-state index in [0.29, 0.717) is 0 Å². The number of carbonyl (C=O) groups excluding carboxylic acids is 1. The van der Waals surface area contributed by atoms with Gasteiger partial charge < -0.3 is 0 Å². The van der Waals surface area contributed by atoms with Crippen LogP contribution in [0.2, 0.25) is 0 Å². The summed E-state index contributed by atoms with van der Waals surface area (Å²) in [6, 6.07) is 0. The summed E-state index contributed by atoms with van der Waals surface area (Å²) in [5.41, 5.74) is 2.19. The summed E-state index contributed by atoms with van der Waals surface area (Å²) in [6.07, 6.45) is 14.8. The Morgan fingerprint density at radius 3 is 2.29 bits per heavy atom. The predicted octanol–water partition coefficient (Wildman–Crippen LogP) is 3.03. The molecule has 2 rings (SSSR count). The monoisotopic (exact) mass is 247 g/mol. The third-order valence-corrected chi connectivity index (χ3v) is 2.56. The Balaban J connectivity index is 2.27. The summed E-state index contributed by atoms with van der Waals surface area (Å²) in [5.74, 6) is 0.0471. The molecule has 0 amide bonds.